The van der Waals surface area contributed by atoms with Gasteiger partial charge in [0.05, 0.1) is 0 Å². The molecule has 0 N–H and O–H groups in total. The molecule has 0 atom stereocenters. The minimum atomic E-state index is -1.41. The van der Waals surface area contributed by atoms with E-state index in [1.165, 1.54) is 0 Å². The van der Waals surface area contributed by atoms with E-state index in [4.69, 9.17) is 224 Å². The third-order valence-electron chi connectivity index (χ3n) is 11.8. The van der Waals surface area contributed by atoms with Crippen molar-refractivity contribution in [3.8, 4) is 0 Å². The van der Waals surface area contributed by atoms with Crippen LogP contribution in [0.1, 0.15) is 0 Å². The lowest BCUT2D eigenvalue weighted by atomic mass is 8.23. The summed E-state index contributed by atoms with van der Waals surface area (Å²) in [6.07, 6.45) is -36.5. The maximum absolute atomic E-state index is 6.87. The van der Waals surface area contributed by atoms with Crippen LogP contribution in [-0.2, 0) is 0 Å². The Balaban J connectivity index is 10.4. The van der Waals surface area contributed by atoms with Crippen LogP contribution in [0.15, 0.2) is 0 Å². The highest BCUT2D eigenvalue weighted by Crippen LogP contribution is 2.24. The minimum absolute atomic E-state index is 0.657. The van der Waals surface area contributed by atoms with E-state index >= 15 is 0 Å². The van der Waals surface area contributed by atoms with Gasteiger partial charge < -0.3 is 0 Å². The molecule has 0 bridgehead atoms. The van der Waals surface area contributed by atoms with Crippen molar-refractivity contribution in [2.75, 3.05) is 0 Å². The summed E-state index contributed by atoms with van der Waals surface area (Å²) < 4.78 is 0. The summed E-state index contributed by atoms with van der Waals surface area (Å²) in [5.41, 5.74) is 0. The van der Waals surface area contributed by atoms with Crippen molar-refractivity contribution in [1.82, 2.24) is 0 Å². The molecule has 0 aromatic heterocycles. The summed E-state index contributed by atoms with van der Waals surface area (Å²) in [5, 5.41) is 0. The molecule has 0 aromatic rings. The fraction of sp³-hybridized carbons (Fsp3) is 0. The molecule has 0 spiro atoms. The first kappa shape index (κ1) is 61.8. The van der Waals surface area contributed by atoms with Crippen molar-refractivity contribution in [3.63, 3.8) is 0 Å². The molecule has 0 heterocycles. The third kappa shape index (κ3) is 16.5. The van der Waals surface area contributed by atoms with Gasteiger partial charge in [0.15, 0.2) is 0 Å². The van der Waals surface area contributed by atoms with Crippen molar-refractivity contribution in [3.05, 3.63) is 0 Å². The molecule has 0 nitrogen and oxygen atoms in total. The van der Waals surface area contributed by atoms with Crippen molar-refractivity contribution >= 4 is 411 Å². The van der Waals surface area contributed by atoms with Crippen LogP contribution >= 0.6 is 0 Å². The second-order valence-corrected chi connectivity index (χ2v) is 15.8. The van der Waals surface area contributed by atoms with Gasteiger partial charge in [-0.1, -0.05) is 7.74 Å². The predicted octanol–water partition coefficient (Wildman–Crippen LogP) is -22.9. The van der Waals surface area contributed by atoms with Gasteiger partial charge in [-0.25, -0.2) is 0 Å². The van der Waals surface area contributed by atoms with Gasteiger partial charge in [0.1, 0.15) is 0 Å². The molecular formula is H3B58-. The number of hydrogen-bond acceptors (Lipinski definition) is 0. The average Bonchev–Trinajstić information content (AvgIpc) is 2.99. The fourth-order valence-corrected chi connectivity index (χ4v) is 9.75. The highest BCUT2D eigenvalue weighted by Gasteiger charge is 2.61. The van der Waals surface area contributed by atoms with E-state index in [1.807, 2.05) is 0 Å². The molecule has 178 valence electrons. The summed E-state index contributed by atoms with van der Waals surface area (Å²) in [5.74, 6) is 0. The summed E-state index contributed by atoms with van der Waals surface area (Å²) in [6.45, 7) is 0. The van der Waals surface area contributed by atoms with Crippen LogP contribution in [0.4, 0.5) is 0 Å². The van der Waals surface area contributed by atoms with Gasteiger partial charge in [-0.2, -0.15) is 0 Å². The molecule has 58 radical (unpaired) electrons. The normalized spacial score (nSPS) is 9.74. The Morgan fingerprint density at radius 1 is 0.138 bits per heavy atom. The fourth-order valence-electron chi connectivity index (χ4n) is 9.75. The van der Waals surface area contributed by atoms with Gasteiger partial charge >= 0.3 is 0 Å². The molecule has 58 heteroatoms. The van der Waals surface area contributed by atoms with Gasteiger partial charge in [0.2, 0.25) is 0 Å². The molecule has 0 aliphatic heterocycles. The van der Waals surface area contributed by atoms with Crippen molar-refractivity contribution in [2.24, 2.45) is 0 Å². The zero-order valence-electron chi connectivity index (χ0n) is 32.9. The zero-order chi connectivity index (χ0) is 46.2. The minimum Gasteiger partial charge on any atom is -0.128 e. The molecule has 0 amide bonds. The summed E-state index contributed by atoms with van der Waals surface area (Å²) in [7, 11) is 191. The summed E-state index contributed by atoms with van der Waals surface area (Å²) in [4.78, 5) is 0. The highest BCUT2D eigenvalue weighted by atomic mass is 13.4. The molecule has 0 saturated carbocycles. The Labute approximate surface area is 407 Å². The largest absolute Gasteiger partial charge is 0.128 e. The molecule has 58 heavy (non-hydrogen) atoms. The first-order chi connectivity index (χ1) is 26.3. The van der Waals surface area contributed by atoms with Gasteiger partial charge in [-0.15, -0.1) is 6.39 Å². The summed E-state index contributed by atoms with van der Waals surface area (Å²) in [6, 6.07) is 0. The smallest absolute Gasteiger partial charge is 0.0000000000000000739 e. The first-order valence-corrected chi connectivity index (χ1v) is 18.7. The lowest BCUT2D eigenvalue weighted by Gasteiger charge is -2.59. The maximum Gasteiger partial charge on any atom is -0.0000000000000000739 e. The Hall–Kier alpha value is 3.77. The van der Waals surface area contributed by atoms with Crippen LogP contribution in [0, 0.1) is 0 Å². The van der Waals surface area contributed by atoms with Gasteiger partial charge in [0.25, 0.3) is 0 Å². The first-order valence-electron chi connectivity index (χ1n) is 18.7. The zero-order valence-corrected chi connectivity index (χ0v) is 32.9. The van der Waals surface area contributed by atoms with Gasteiger partial charge in [0, 0.05) is 0 Å². The molecule has 0 aliphatic carbocycles. The second kappa shape index (κ2) is 28.2. The molecule has 0 fully saturated rings. The highest BCUT2D eigenvalue weighted by molar-refractivity contribution is 8.37. The van der Waals surface area contributed by atoms with Crippen LogP contribution in [0.5, 0.6) is 0 Å². The van der Waals surface area contributed by atoms with Crippen LogP contribution < -0.4 is 0 Å². The number of rotatable bonds is 27. The van der Waals surface area contributed by atoms with Gasteiger partial charge in [-0.05, 0) is 397 Å². The van der Waals surface area contributed by atoms with E-state index in [-0.39, 0.29) is 0 Å². The van der Waals surface area contributed by atoms with Crippen molar-refractivity contribution < 1.29 is 0 Å². The standard InChI is InChI=1S/B58H3/c1-31(2)46(32(3)4)53(45(29)30)57(54(47(33(5)6)34(7)8)48(35(9)10)36(11)12)58(55(49(37(13)14)38(15)16)50(39(17)18)40(19)20)56(51(41(21)22)42(23)24)52(43(25)26)44(27)28/h1H3/q-1. The Kier molecular flexibility index (Phi) is 30.0. The Morgan fingerprint density at radius 2 is 0.241 bits per heavy atom. The van der Waals surface area contributed by atoms with Gasteiger partial charge in [-0.3, -0.25) is 0 Å². The average molecular weight is 630 g/mol. The van der Waals surface area contributed by atoms with E-state index in [1.54, 1.807) is 0 Å². The van der Waals surface area contributed by atoms with Crippen LogP contribution in [-0.4, -0.2) is 411 Å². The van der Waals surface area contributed by atoms with Crippen molar-refractivity contribution in [2.45, 2.75) is 0 Å². The quantitative estimate of drug-likeness (QED) is 0.0793. The molecule has 0 unspecified atom stereocenters. The molecular weight excluding hydrogens is 627 g/mol. The topological polar surface area (TPSA) is 0 Å². The number of hydrogen-bond donors (Lipinski definition) is 0. The van der Waals surface area contributed by atoms with Crippen LogP contribution in [0.3, 0.4) is 0 Å². The van der Waals surface area contributed by atoms with E-state index in [9.17, 15) is 0 Å². The third-order valence-corrected chi connectivity index (χ3v) is 11.8. The van der Waals surface area contributed by atoms with Crippen LogP contribution in [0.2, 0.25) is 0 Å². The molecule has 0 aromatic carbocycles. The lowest BCUT2D eigenvalue weighted by molar-refractivity contribution is 3.17. The molecule has 0 saturated heterocycles. The molecule has 0 aliphatic rings. The second-order valence-electron chi connectivity index (χ2n) is 15.8. The monoisotopic (exact) mass is 642 g/mol. The maximum atomic E-state index is 6.87. The van der Waals surface area contributed by atoms with Crippen LogP contribution in [0.25, 0.3) is 0 Å². The summed E-state index contributed by atoms with van der Waals surface area (Å²) >= 11 is 0. The Bertz CT molecular complexity index is 884. The van der Waals surface area contributed by atoms with E-state index in [0.29, 0.717) is 0 Å². The van der Waals surface area contributed by atoms with E-state index in [2.05, 4.69) is 0 Å². The molecule has 0 rings (SSSR count). The lowest BCUT2D eigenvalue weighted by Crippen LogP contribution is -2.96. The Morgan fingerprint density at radius 3 is 0.345 bits per heavy atom. The van der Waals surface area contributed by atoms with Crippen molar-refractivity contribution in [1.29, 1.82) is 0 Å². The van der Waals surface area contributed by atoms with E-state index < -0.39 is 187 Å². The van der Waals surface area contributed by atoms with E-state index in [0.717, 1.165) is 0 Å². The SMILES string of the molecule is [B]B([B])B(B([B])[B])B(B(B([B])[B])B([B])[B])B(B(B([B])[B])B(B([B])[B])B([B])[BH3-])B(B(B(B([B])[B])B([B])[B])B(B([B])[B])B([B])[B])B(B(B([B])[B])B([B])[B])B(B([B])[B])B([B])[B]. The predicted molar refractivity (Wildman–Crippen MR) is 338 cm³/mol.